The number of nitrogens with zero attached hydrogens (tertiary/aromatic N) is 2. The van der Waals surface area contributed by atoms with Crippen LogP contribution in [0.2, 0.25) is 0 Å². The van der Waals surface area contributed by atoms with Gasteiger partial charge in [0.2, 0.25) is 0 Å². The summed E-state index contributed by atoms with van der Waals surface area (Å²) < 4.78 is 5.20. The maximum atomic E-state index is 11.7. The molecule has 0 aromatic carbocycles. The molecule has 0 spiro atoms. The second-order valence-electron chi connectivity index (χ2n) is 3.49. The molecule has 0 amide bonds. The van der Waals surface area contributed by atoms with Crippen molar-refractivity contribution in [1.82, 2.24) is 4.98 Å². The van der Waals surface area contributed by atoms with Crippen molar-refractivity contribution in [2.75, 3.05) is 18.1 Å². The summed E-state index contributed by atoms with van der Waals surface area (Å²) >= 11 is 0. The number of anilines is 1. The first-order valence-electron chi connectivity index (χ1n) is 5.36. The van der Waals surface area contributed by atoms with E-state index in [-0.39, 0.29) is 5.78 Å². The average molecular weight is 218 g/mol. The van der Waals surface area contributed by atoms with Gasteiger partial charge in [-0.25, -0.2) is 4.98 Å². The van der Waals surface area contributed by atoms with Crippen LogP contribution in [0.25, 0.3) is 0 Å². The molecule has 16 heavy (non-hydrogen) atoms. The van der Waals surface area contributed by atoms with E-state index in [4.69, 9.17) is 4.74 Å². The summed E-state index contributed by atoms with van der Waals surface area (Å²) in [4.78, 5) is 17.9. The lowest BCUT2D eigenvalue weighted by molar-refractivity contribution is -0.115. The van der Waals surface area contributed by atoms with Crippen LogP contribution in [0.15, 0.2) is 36.4 Å². The van der Waals surface area contributed by atoms with Crippen molar-refractivity contribution >= 4 is 11.6 Å². The Morgan fingerprint density at radius 1 is 1.56 bits per heavy atom. The zero-order chi connectivity index (χ0) is 11.4. The molecule has 4 nitrogen and oxygen atoms in total. The Kier molecular flexibility index (Phi) is 3.19. The number of ketones is 1. The van der Waals surface area contributed by atoms with E-state index in [1.165, 1.54) is 6.26 Å². The molecule has 0 saturated carbocycles. The molecular weight excluding hydrogens is 204 g/mol. The number of ether oxygens (including phenoxy) is 1. The first kappa shape index (κ1) is 10.7. The van der Waals surface area contributed by atoms with Crippen LogP contribution < -0.4 is 4.90 Å². The molecule has 0 bridgehead atoms. The zero-order valence-corrected chi connectivity index (χ0v) is 9.22. The smallest absolute Gasteiger partial charge is 0.182 e. The quantitative estimate of drug-likeness (QED) is 0.775. The fourth-order valence-corrected chi connectivity index (χ4v) is 1.61. The van der Waals surface area contributed by atoms with Crippen LogP contribution in [-0.2, 0) is 9.53 Å². The van der Waals surface area contributed by atoms with Crippen LogP contribution in [0, 0.1) is 0 Å². The lowest BCUT2D eigenvalue weighted by Crippen LogP contribution is -2.34. The Morgan fingerprint density at radius 3 is 3.12 bits per heavy atom. The largest absolute Gasteiger partial charge is 0.497 e. The first-order chi connectivity index (χ1) is 7.83. The predicted octanol–water partition coefficient (Wildman–Crippen LogP) is 1.74. The fraction of sp³-hybridized carbons (Fsp3) is 0.333. The molecule has 2 rings (SSSR count). The van der Waals surface area contributed by atoms with E-state index in [0.717, 1.165) is 5.82 Å². The molecular formula is C12H14N2O2. The fourth-order valence-electron chi connectivity index (χ4n) is 1.61. The number of pyridine rings is 1. The average Bonchev–Trinajstić information content (AvgIpc) is 2.39. The molecule has 0 fully saturated rings. The van der Waals surface area contributed by atoms with Crippen LogP contribution in [0.5, 0.6) is 0 Å². The van der Waals surface area contributed by atoms with E-state index in [1.807, 2.05) is 30.0 Å². The van der Waals surface area contributed by atoms with E-state index in [0.29, 0.717) is 25.3 Å². The highest BCUT2D eigenvalue weighted by Gasteiger charge is 2.21. The summed E-state index contributed by atoms with van der Waals surface area (Å²) in [6.45, 7) is 3.08. The van der Waals surface area contributed by atoms with Gasteiger partial charge in [0, 0.05) is 12.6 Å². The number of allylic oxidation sites excluding steroid dienone is 1. The van der Waals surface area contributed by atoms with E-state index >= 15 is 0 Å². The SMILES string of the molecule is CCC(=O)C1=COCCN1c1ccccn1. The maximum Gasteiger partial charge on any atom is 0.182 e. The number of carbonyl (C=O) groups excluding carboxylic acids is 1. The Balaban J connectivity index is 2.29. The van der Waals surface area contributed by atoms with Crippen molar-refractivity contribution in [3.05, 3.63) is 36.4 Å². The highest BCUT2D eigenvalue weighted by Crippen LogP contribution is 2.20. The second-order valence-corrected chi connectivity index (χ2v) is 3.49. The normalized spacial score (nSPS) is 15.3. The summed E-state index contributed by atoms with van der Waals surface area (Å²) in [7, 11) is 0. The van der Waals surface area contributed by atoms with Crippen molar-refractivity contribution < 1.29 is 9.53 Å². The van der Waals surface area contributed by atoms with Crippen molar-refractivity contribution in [2.45, 2.75) is 13.3 Å². The molecule has 0 aliphatic carbocycles. The number of hydrogen-bond donors (Lipinski definition) is 0. The van der Waals surface area contributed by atoms with Gasteiger partial charge in [0.1, 0.15) is 24.4 Å². The van der Waals surface area contributed by atoms with Crippen molar-refractivity contribution in [3.8, 4) is 0 Å². The minimum atomic E-state index is 0.0744. The molecule has 0 atom stereocenters. The standard InChI is InChI=1S/C12H14N2O2/c1-2-11(15)10-9-16-8-7-14(10)12-5-3-4-6-13-12/h3-6,9H,2,7-8H2,1H3. The highest BCUT2D eigenvalue weighted by molar-refractivity contribution is 5.98. The van der Waals surface area contributed by atoms with Crippen LogP contribution in [-0.4, -0.2) is 23.9 Å². The first-order valence-corrected chi connectivity index (χ1v) is 5.36. The highest BCUT2D eigenvalue weighted by atomic mass is 16.5. The minimum Gasteiger partial charge on any atom is -0.497 e. The van der Waals surface area contributed by atoms with Gasteiger partial charge in [0.15, 0.2) is 5.78 Å². The summed E-state index contributed by atoms with van der Waals surface area (Å²) in [5.41, 5.74) is 0.590. The predicted molar refractivity (Wildman–Crippen MR) is 60.9 cm³/mol. The molecule has 0 radical (unpaired) electrons. The maximum absolute atomic E-state index is 11.7. The van der Waals surface area contributed by atoms with Gasteiger partial charge in [-0.15, -0.1) is 0 Å². The lowest BCUT2D eigenvalue weighted by atomic mass is 10.2. The summed E-state index contributed by atoms with van der Waals surface area (Å²) in [5, 5.41) is 0. The van der Waals surface area contributed by atoms with Crippen molar-refractivity contribution in [3.63, 3.8) is 0 Å². The Labute approximate surface area is 94.5 Å². The van der Waals surface area contributed by atoms with Crippen molar-refractivity contribution in [2.24, 2.45) is 0 Å². The number of hydrogen-bond acceptors (Lipinski definition) is 4. The van der Waals surface area contributed by atoms with Gasteiger partial charge in [-0.1, -0.05) is 13.0 Å². The second kappa shape index (κ2) is 4.79. The van der Waals surface area contributed by atoms with Gasteiger partial charge in [0.05, 0.1) is 6.54 Å². The van der Waals surface area contributed by atoms with E-state index in [1.54, 1.807) is 6.20 Å². The third-order valence-electron chi connectivity index (χ3n) is 2.45. The van der Waals surface area contributed by atoms with Gasteiger partial charge in [-0.05, 0) is 12.1 Å². The van der Waals surface area contributed by atoms with Crippen molar-refractivity contribution in [1.29, 1.82) is 0 Å². The number of rotatable bonds is 3. The molecule has 2 heterocycles. The van der Waals surface area contributed by atoms with E-state index in [2.05, 4.69) is 4.98 Å². The van der Waals surface area contributed by atoms with Crippen LogP contribution in [0.4, 0.5) is 5.82 Å². The Bertz CT molecular complexity index is 401. The Morgan fingerprint density at radius 2 is 2.44 bits per heavy atom. The molecule has 0 unspecified atom stereocenters. The van der Waals surface area contributed by atoms with Gasteiger partial charge < -0.3 is 9.64 Å². The topological polar surface area (TPSA) is 42.4 Å². The molecule has 1 aromatic heterocycles. The van der Waals surface area contributed by atoms with Crippen LogP contribution in [0.1, 0.15) is 13.3 Å². The summed E-state index contributed by atoms with van der Waals surface area (Å²) in [5.74, 6) is 0.865. The third-order valence-corrected chi connectivity index (χ3v) is 2.45. The molecule has 4 heteroatoms. The number of aromatic nitrogens is 1. The van der Waals surface area contributed by atoms with Gasteiger partial charge in [0.25, 0.3) is 0 Å². The zero-order valence-electron chi connectivity index (χ0n) is 9.22. The van der Waals surface area contributed by atoms with E-state index < -0.39 is 0 Å². The van der Waals surface area contributed by atoms with Gasteiger partial charge in [-0.2, -0.15) is 0 Å². The Hall–Kier alpha value is -1.84. The van der Waals surface area contributed by atoms with Crippen LogP contribution >= 0.6 is 0 Å². The summed E-state index contributed by atoms with van der Waals surface area (Å²) in [6, 6.07) is 5.66. The molecule has 0 saturated heterocycles. The van der Waals surface area contributed by atoms with Crippen LogP contribution in [0.3, 0.4) is 0 Å². The van der Waals surface area contributed by atoms with Gasteiger partial charge >= 0.3 is 0 Å². The molecule has 1 aliphatic rings. The molecule has 0 N–H and O–H groups in total. The van der Waals surface area contributed by atoms with Gasteiger partial charge in [-0.3, -0.25) is 4.79 Å². The number of Topliss-reactive ketones (excluding diaryl/α,β-unsaturated/α-hetero) is 1. The molecule has 84 valence electrons. The molecule has 1 aromatic rings. The summed E-state index contributed by atoms with van der Waals surface area (Å²) in [6.07, 6.45) is 3.72. The molecule has 1 aliphatic heterocycles. The monoisotopic (exact) mass is 218 g/mol. The lowest BCUT2D eigenvalue weighted by Gasteiger charge is -2.28. The van der Waals surface area contributed by atoms with E-state index in [9.17, 15) is 4.79 Å². The minimum absolute atomic E-state index is 0.0744. The number of carbonyl (C=O) groups is 1. The third kappa shape index (κ3) is 2.05.